The summed E-state index contributed by atoms with van der Waals surface area (Å²) < 4.78 is 1.54. The van der Waals surface area contributed by atoms with Gasteiger partial charge in [0.1, 0.15) is 11.0 Å². The lowest BCUT2D eigenvalue weighted by atomic mass is 9.45. The van der Waals surface area contributed by atoms with Crippen molar-refractivity contribution in [1.29, 1.82) is 0 Å². The van der Waals surface area contributed by atoms with Crippen LogP contribution in [0.1, 0.15) is 33.6 Å². The Bertz CT molecular complexity index is 993. The van der Waals surface area contributed by atoms with E-state index in [0.29, 0.717) is 39.1 Å². The molecule has 0 aliphatic heterocycles. The molecule has 3 saturated carbocycles. The summed E-state index contributed by atoms with van der Waals surface area (Å²) in [7, 11) is 0. The molecule has 2 bridgehead atoms. The highest BCUT2D eigenvalue weighted by Crippen LogP contribution is 2.61. The summed E-state index contributed by atoms with van der Waals surface area (Å²) in [6, 6.07) is 3.76. The zero-order chi connectivity index (χ0) is 21.5. The minimum atomic E-state index is -0.378. The maximum atomic E-state index is 12.7. The first-order valence-electron chi connectivity index (χ1n) is 10.2. The number of rotatable bonds is 6. The van der Waals surface area contributed by atoms with Crippen LogP contribution < -0.4 is 21.7 Å². The van der Waals surface area contributed by atoms with E-state index in [1.807, 2.05) is 0 Å². The molecule has 2 aromatic rings. The van der Waals surface area contributed by atoms with Crippen molar-refractivity contribution in [3.63, 3.8) is 0 Å². The fourth-order valence-electron chi connectivity index (χ4n) is 4.97. The molecule has 30 heavy (non-hydrogen) atoms. The van der Waals surface area contributed by atoms with E-state index < -0.39 is 0 Å². The smallest absolute Gasteiger partial charge is 0.283 e. The highest BCUT2D eigenvalue weighted by Gasteiger charge is 2.56. The Morgan fingerprint density at radius 1 is 1.30 bits per heavy atom. The number of fused-ring (bicyclic) bond motifs is 2. The topological polar surface area (TPSA) is 101 Å². The van der Waals surface area contributed by atoms with Crippen molar-refractivity contribution in [2.45, 2.75) is 46.2 Å². The number of nitrogens with one attached hydrogen (secondary N) is 3. The van der Waals surface area contributed by atoms with E-state index in [2.05, 4.69) is 63.0 Å². The van der Waals surface area contributed by atoms with Gasteiger partial charge in [0.15, 0.2) is 0 Å². The van der Waals surface area contributed by atoms with Gasteiger partial charge >= 0.3 is 0 Å². The average molecular weight is 475 g/mol. The van der Waals surface area contributed by atoms with Crippen molar-refractivity contribution in [2.75, 3.05) is 10.7 Å². The largest absolute Gasteiger partial charge is 0.380 e. The van der Waals surface area contributed by atoms with E-state index >= 15 is 0 Å². The molecule has 9 heteroatoms. The molecule has 0 spiro atoms. The molecule has 5 rings (SSSR count). The van der Waals surface area contributed by atoms with Crippen LogP contribution in [0.5, 0.6) is 0 Å². The SMILES string of the molecule is C[C@H]1[C@H](Nc2cnn(CC(=O)NNc3ccncc3)c(=O)c2Br)C[C@H]2C[C@@H]1C2(C)C. The molecular weight excluding hydrogens is 448 g/mol. The molecule has 0 radical (unpaired) electrons. The normalized spacial score (nSPS) is 26.4. The number of carbonyl (C=O) groups excluding carboxylic acids is 1. The number of carbonyl (C=O) groups is 1. The Balaban J connectivity index is 1.39. The molecule has 0 aromatic carbocycles. The Kier molecular flexibility index (Phi) is 5.57. The van der Waals surface area contributed by atoms with Gasteiger partial charge < -0.3 is 5.32 Å². The van der Waals surface area contributed by atoms with Crippen LogP contribution in [0.15, 0.2) is 40.0 Å². The lowest BCUT2D eigenvalue weighted by Crippen LogP contribution is -2.58. The molecule has 160 valence electrons. The number of aromatic nitrogens is 3. The minimum absolute atomic E-state index is 0.187. The van der Waals surface area contributed by atoms with Gasteiger partial charge in [-0.15, -0.1) is 0 Å². The van der Waals surface area contributed by atoms with Crippen molar-refractivity contribution in [1.82, 2.24) is 20.2 Å². The molecule has 2 aromatic heterocycles. The second kappa shape index (κ2) is 8.02. The first-order valence-corrected chi connectivity index (χ1v) is 11.0. The quantitative estimate of drug-likeness (QED) is 0.556. The van der Waals surface area contributed by atoms with Gasteiger partial charge in [0.2, 0.25) is 0 Å². The van der Waals surface area contributed by atoms with E-state index in [4.69, 9.17) is 0 Å². The third-order valence-electron chi connectivity index (χ3n) is 7.00. The predicted molar refractivity (Wildman–Crippen MR) is 119 cm³/mol. The van der Waals surface area contributed by atoms with Gasteiger partial charge in [-0.05, 0) is 64.1 Å². The Morgan fingerprint density at radius 3 is 2.70 bits per heavy atom. The lowest BCUT2D eigenvalue weighted by Gasteiger charge is -2.62. The summed E-state index contributed by atoms with van der Waals surface area (Å²) in [5, 5.41) is 7.72. The summed E-state index contributed by atoms with van der Waals surface area (Å²) in [4.78, 5) is 28.8. The van der Waals surface area contributed by atoms with Crippen LogP contribution in [-0.4, -0.2) is 26.7 Å². The molecule has 2 heterocycles. The van der Waals surface area contributed by atoms with Crippen molar-refractivity contribution in [3.8, 4) is 0 Å². The van der Waals surface area contributed by atoms with Crippen LogP contribution in [0.3, 0.4) is 0 Å². The average Bonchev–Trinajstić information content (AvgIpc) is 2.73. The highest BCUT2D eigenvalue weighted by atomic mass is 79.9. The first kappa shape index (κ1) is 20.8. The zero-order valence-corrected chi connectivity index (χ0v) is 18.9. The summed E-state index contributed by atoms with van der Waals surface area (Å²) in [5.74, 6) is 1.58. The maximum absolute atomic E-state index is 12.7. The summed E-state index contributed by atoms with van der Waals surface area (Å²) in [6.07, 6.45) is 7.24. The number of hydrogen-bond donors (Lipinski definition) is 3. The standard InChI is InChI=1S/C21H27BrN6O2/c1-12-15-8-13(21(15,2)3)9-16(12)25-17-10-24-28(20(30)19(17)22)11-18(29)27-26-14-4-6-23-7-5-14/h4-7,10,12-13,15-16,25H,8-9,11H2,1-3H3,(H,23,26)(H,27,29)/t12-,13-,15+,16-/m1/s1. The monoisotopic (exact) mass is 474 g/mol. The zero-order valence-electron chi connectivity index (χ0n) is 17.4. The fourth-order valence-corrected chi connectivity index (χ4v) is 5.39. The third-order valence-corrected chi connectivity index (χ3v) is 7.77. The fraction of sp³-hybridized carbons (Fsp3) is 0.524. The maximum Gasteiger partial charge on any atom is 0.283 e. The Hall–Kier alpha value is -2.42. The Labute approximate surface area is 184 Å². The van der Waals surface area contributed by atoms with Gasteiger partial charge in [0.05, 0.1) is 17.6 Å². The summed E-state index contributed by atoms with van der Waals surface area (Å²) in [5.41, 5.74) is 6.78. The van der Waals surface area contributed by atoms with Gasteiger partial charge in [-0.3, -0.25) is 25.4 Å². The van der Waals surface area contributed by atoms with Crippen LogP contribution in [0, 0.1) is 23.2 Å². The molecule has 1 amide bonds. The molecule has 0 saturated heterocycles. The van der Waals surface area contributed by atoms with E-state index in [-0.39, 0.29) is 18.0 Å². The first-order chi connectivity index (χ1) is 14.3. The molecule has 3 N–H and O–H groups in total. The van der Waals surface area contributed by atoms with Gasteiger partial charge in [-0.1, -0.05) is 20.8 Å². The third kappa shape index (κ3) is 3.82. The van der Waals surface area contributed by atoms with Crippen LogP contribution >= 0.6 is 15.9 Å². The van der Waals surface area contributed by atoms with Crippen molar-refractivity contribution in [3.05, 3.63) is 45.5 Å². The van der Waals surface area contributed by atoms with Crippen molar-refractivity contribution in [2.24, 2.45) is 23.2 Å². The van der Waals surface area contributed by atoms with Crippen molar-refractivity contribution < 1.29 is 4.79 Å². The van der Waals surface area contributed by atoms with E-state index in [1.165, 1.54) is 6.42 Å². The molecule has 0 unspecified atom stereocenters. The van der Waals surface area contributed by atoms with Gasteiger partial charge in [-0.2, -0.15) is 5.10 Å². The molecular formula is C21H27BrN6O2. The van der Waals surface area contributed by atoms with Crippen LogP contribution in [-0.2, 0) is 11.3 Å². The Morgan fingerprint density at radius 2 is 2.03 bits per heavy atom. The summed E-state index contributed by atoms with van der Waals surface area (Å²) in [6.45, 7) is 6.84. The van der Waals surface area contributed by atoms with Gasteiger partial charge in [-0.25, -0.2) is 4.68 Å². The van der Waals surface area contributed by atoms with Crippen LogP contribution in [0.25, 0.3) is 0 Å². The van der Waals surface area contributed by atoms with Crippen LogP contribution in [0.2, 0.25) is 0 Å². The van der Waals surface area contributed by atoms with E-state index in [0.717, 1.165) is 17.0 Å². The predicted octanol–water partition coefficient (Wildman–Crippen LogP) is 3.03. The molecule has 8 nitrogen and oxygen atoms in total. The number of halogens is 1. The van der Waals surface area contributed by atoms with Gasteiger partial charge in [0, 0.05) is 18.4 Å². The number of hydrazine groups is 1. The lowest BCUT2D eigenvalue weighted by molar-refractivity contribution is -0.121. The molecule has 3 fully saturated rings. The second-order valence-electron chi connectivity index (χ2n) is 8.95. The van der Waals surface area contributed by atoms with Crippen molar-refractivity contribution >= 4 is 33.2 Å². The second-order valence-corrected chi connectivity index (χ2v) is 9.74. The van der Waals surface area contributed by atoms with Crippen LogP contribution in [0.4, 0.5) is 11.4 Å². The van der Waals surface area contributed by atoms with Gasteiger partial charge in [0.25, 0.3) is 11.5 Å². The molecule has 3 aliphatic carbocycles. The minimum Gasteiger partial charge on any atom is -0.380 e. The van der Waals surface area contributed by atoms with E-state index in [9.17, 15) is 9.59 Å². The highest BCUT2D eigenvalue weighted by molar-refractivity contribution is 9.10. The number of anilines is 2. The van der Waals surface area contributed by atoms with E-state index in [1.54, 1.807) is 30.7 Å². The summed E-state index contributed by atoms with van der Waals surface area (Å²) >= 11 is 3.40. The molecule has 3 aliphatic rings. The molecule has 4 atom stereocenters. The number of amides is 1. The number of nitrogens with zero attached hydrogens (tertiary/aromatic N) is 3. The number of hydrogen-bond acceptors (Lipinski definition) is 6. The number of pyridine rings is 1.